The van der Waals surface area contributed by atoms with Gasteiger partial charge in [0.2, 0.25) is 5.91 Å². The molecule has 0 unspecified atom stereocenters. The maximum absolute atomic E-state index is 11.9. The zero-order chi connectivity index (χ0) is 11.9. The van der Waals surface area contributed by atoms with Crippen molar-refractivity contribution in [1.82, 2.24) is 10.2 Å². The SMILES string of the molecule is O=C(CCNC1CCOCC1)N1CCCCC1. The second kappa shape index (κ2) is 6.97. The second-order valence-electron chi connectivity index (χ2n) is 5.03. The van der Waals surface area contributed by atoms with Crippen LogP contribution in [0, 0.1) is 0 Å². The lowest BCUT2D eigenvalue weighted by atomic mass is 10.1. The van der Waals surface area contributed by atoms with E-state index in [1.807, 2.05) is 4.90 Å². The summed E-state index contributed by atoms with van der Waals surface area (Å²) in [6, 6.07) is 0.554. The fraction of sp³-hybridized carbons (Fsp3) is 0.923. The van der Waals surface area contributed by atoms with Gasteiger partial charge in [-0.1, -0.05) is 0 Å². The molecule has 1 amide bonds. The van der Waals surface area contributed by atoms with E-state index < -0.39 is 0 Å². The smallest absolute Gasteiger partial charge is 0.223 e. The van der Waals surface area contributed by atoms with Crippen LogP contribution in [-0.2, 0) is 9.53 Å². The van der Waals surface area contributed by atoms with Crippen molar-refractivity contribution in [1.29, 1.82) is 0 Å². The van der Waals surface area contributed by atoms with Gasteiger partial charge in [0.15, 0.2) is 0 Å². The first-order valence-corrected chi connectivity index (χ1v) is 6.95. The first-order chi connectivity index (χ1) is 8.36. The molecule has 2 aliphatic heterocycles. The maximum atomic E-state index is 11.9. The Labute approximate surface area is 104 Å². The van der Waals surface area contributed by atoms with Crippen LogP contribution >= 0.6 is 0 Å². The van der Waals surface area contributed by atoms with Gasteiger partial charge in [-0.3, -0.25) is 4.79 Å². The maximum Gasteiger partial charge on any atom is 0.223 e. The van der Waals surface area contributed by atoms with Crippen LogP contribution < -0.4 is 5.32 Å². The normalized spacial score (nSPS) is 22.7. The molecule has 2 saturated heterocycles. The van der Waals surface area contributed by atoms with Gasteiger partial charge in [0.25, 0.3) is 0 Å². The number of carbonyl (C=O) groups is 1. The van der Waals surface area contributed by atoms with Crippen molar-refractivity contribution in [2.24, 2.45) is 0 Å². The van der Waals surface area contributed by atoms with E-state index in [2.05, 4.69) is 5.32 Å². The van der Waals surface area contributed by atoms with E-state index >= 15 is 0 Å². The number of hydrogen-bond donors (Lipinski definition) is 1. The van der Waals surface area contributed by atoms with E-state index in [1.165, 1.54) is 19.3 Å². The lowest BCUT2D eigenvalue weighted by molar-refractivity contribution is -0.132. The van der Waals surface area contributed by atoms with Gasteiger partial charge in [-0.05, 0) is 32.1 Å². The lowest BCUT2D eigenvalue weighted by Crippen LogP contribution is -2.40. The topological polar surface area (TPSA) is 41.6 Å². The zero-order valence-electron chi connectivity index (χ0n) is 10.6. The Morgan fingerprint density at radius 3 is 2.59 bits per heavy atom. The molecule has 0 aromatic heterocycles. The number of piperidine rings is 1. The molecule has 0 atom stereocenters. The fourth-order valence-corrected chi connectivity index (χ4v) is 2.59. The van der Waals surface area contributed by atoms with Crippen LogP contribution in [0.25, 0.3) is 0 Å². The number of nitrogens with zero attached hydrogens (tertiary/aromatic N) is 1. The number of ether oxygens (including phenoxy) is 1. The number of carbonyl (C=O) groups excluding carboxylic acids is 1. The first-order valence-electron chi connectivity index (χ1n) is 6.95. The Hall–Kier alpha value is -0.610. The van der Waals surface area contributed by atoms with Crippen LogP contribution in [0.4, 0.5) is 0 Å². The van der Waals surface area contributed by atoms with Gasteiger partial charge < -0.3 is 15.0 Å². The summed E-state index contributed by atoms with van der Waals surface area (Å²) in [5, 5.41) is 3.46. The summed E-state index contributed by atoms with van der Waals surface area (Å²) in [4.78, 5) is 13.9. The molecule has 0 bridgehead atoms. The van der Waals surface area contributed by atoms with Crippen molar-refractivity contribution in [2.45, 2.75) is 44.6 Å². The molecule has 0 aromatic carbocycles. The summed E-state index contributed by atoms with van der Waals surface area (Å²) in [7, 11) is 0. The molecular weight excluding hydrogens is 216 g/mol. The molecule has 17 heavy (non-hydrogen) atoms. The summed E-state index contributed by atoms with van der Waals surface area (Å²) in [5.74, 6) is 0.323. The van der Waals surface area contributed by atoms with Crippen LogP contribution in [0.5, 0.6) is 0 Å². The molecule has 0 spiro atoms. The molecule has 2 rings (SSSR count). The highest BCUT2D eigenvalue weighted by Gasteiger charge is 2.17. The highest BCUT2D eigenvalue weighted by molar-refractivity contribution is 5.76. The molecule has 0 aliphatic carbocycles. The van der Waals surface area contributed by atoms with E-state index in [1.54, 1.807) is 0 Å². The summed E-state index contributed by atoms with van der Waals surface area (Å²) in [5.41, 5.74) is 0. The van der Waals surface area contributed by atoms with E-state index in [-0.39, 0.29) is 0 Å². The summed E-state index contributed by atoms with van der Waals surface area (Å²) in [6.45, 7) is 4.47. The fourth-order valence-electron chi connectivity index (χ4n) is 2.59. The Morgan fingerprint density at radius 1 is 1.18 bits per heavy atom. The number of amides is 1. The molecule has 2 heterocycles. The Morgan fingerprint density at radius 2 is 1.88 bits per heavy atom. The monoisotopic (exact) mass is 240 g/mol. The van der Waals surface area contributed by atoms with Crippen molar-refractivity contribution < 1.29 is 9.53 Å². The van der Waals surface area contributed by atoms with Gasteiger partial charge in [-0.15, -0.1) is 0 Å². The van der Waals surface area contributed by atoms with Crippen LogP contribution in [0.3, 0.4) is 0 Å². The Kier molecular flexibility index (Phi) is 5.26. The van der Waals surface area contributed by atoms with E-state index in [9.17, 15) is 4.79 Å². The zero-order valence-corrected chi connectivity index (χ0v) is 10.6. The molecule has 0 radical (unpaired) electrons. The van der Waals surface area contributed by atoms with Crippen molar-refractivity contribution in [3.8, 4) is 0 Å². The molecular formula is C13H24N2O2. The average Bonchev–Trinajstić information content (AvgIpc) is 2.41. The van der Waals surface area contributed by atoms with Gasteiger partial charge in [0.05, 0.1) is 0 Å². The average molecular weight is 240 g/mol. The molecule has 98 valence electrons. The quantitative estimate of drug-likeness (QED) is 0.801. The van der Waals surface area contributed by atoms with Crippen molar-refractivity contribution >= 4 is 5.91 Å². The van der Waals surface area contributed by atoms with Crippen LogP contribution in [0.2, 0.25) is 0 Å². The van der Waals surface area contributed by atoms with Crippen LogP contribution in [-0.4, -0.2) is 49.7 Å². The van der Waals surface area contributed by atoms with Crippen molar-refractivity contribution in [2.75, 3.05) is 32.8 Å². The number of likely N-dealkylation sites (tertiary alicyclic amines) is 1. The van der Waals surface area contributed by atoms with Crippen LogP contribution in [0.1, 0.15) is 38.5 Å². The molecule has 4 heteroatoms. The molecule has 0 aromatic rings. The number of nitrogens with one attached hydrogen (secondary N) is 1. The van der Waals surface area contributed by atoms with Gasteiger partial charge in [0.1, 0.15) is 0 Å². The third-order valence-corrected chi connectivity index (χ3v) is 3.70. The number of rotatable bonds is 4. The largest absolute Gasteiger partial charge is 0.381 e. The molecule has 2 aliphatic rings. The first kappa shape index (κ1) is 12.8. The van der Waals surface area contributed by atoms with E-state index in [4.69, 9.17) is 4.74 Å². The minimum Gasteiger partial charge on any atom is -0.381 e. The Bertz CT molecular complexity index is 234. The highest BCUT2D eigenvalue weighted by Crippen LogP contribution is 2.10. The minimum absolute atomic E-state index is 0.323. The molecule has 2 fully saturated rings. The lowest BCUT2D eigenvalue weighted by Gasteiger charge is -2.27. The predicted octanol–water partition coefficient (Wildman–Crippen LogP) is 1.16. The van der Waals surface area contributed by atoms with Crippen molar-refractivity contribution in [3.05, 3.63) is 0 Å². The summed E-state index contributed by atoms with van der Waals surface area (Å²) in [6.07, 6.45) is 6.45. The van der Waals surface area contributed by atoms with Gasteiger partial charge in [-0.2, -0.15) is 0 Å². The minimum atomic E-state index is 0.323. The van der Waals surface area contributed by atoms with Gasteiger partial charge in [-0.25, -0.2) is 0 Å². The number of hydrogen-bond acceptors (Lipinski definition) is 3. The Balaban J connectivity index is 1.58. The van der Waals surface area contributed by atoms with Gasteiger partial charge in [0, 0.05) is 45.3 Å². The van der Waals surface area contributed by atoms with Crippen molar-refractivity contribution in [3.63, 3.8) is 0 Å². The van der Waals surface area contributed by atoms with E-state index in [0.717, 1.165) is 45.7 Å². The molecule has 1 N–H and O–H groups in total. The van der Waals surface area contributed by atoms with Crippen LogP contribution in [0.15, 0.2) is 0 Å². The third-order valence-electron chi connectivity index (χ3n) is 3.70. The molecule has 4 nitrogen and oxygen atoms in total. The third kappa shape index (κ3) is 4.28. The highest BCUT2D eigenvalue weighted by atomic mass is 16.5. The summed E-state index contributed by atoms with van der Waals surface area (Å²) >= 11 is 0. The molecule has 0 saturated carbocycles. The van der Waals surface area contributed by atoms with Gasteiger partial charge >= 0.3 is 0 Å². The second-order valence-corrected chi connectivity index (χ2v) is 5.03. The predicted molar refractivity (Wildman–Crippen MR) is 66.9 cm³/mol. The van der Waals surface area contributed by atoms with E-state index in [0.29, 0.717) is 18.4 Å². The summed E-state index contributed by atoms with van der Waals surface area (Å²) < 4.78 is 5.31. The standard InChI is InChI=1S/C13H24N2O2/c16-13(15-8-2-1-3-9-15)4-7-14-12-5-10-17-11-6-12/h12,14H,1-11H2.